The van der Waals surface area contributed by atoms with Gasteiger partial charge < -0.3 is 10.4 Å². The summed E-state index contributed by atoms with van der Waals surface area (Å²) in [5.74, 6) is -2.53. The number of benzene rings is 1. The van der Waals surface area contributed by atoms with Gasteiger partial charge in [0.2, 0.25) is 0 Å². The van der Waals surface area contributed by atoms with Gasteiger partial charge in [-0.15, -0.1) is 0 Å². The highest BCUT2D eigenvalue weighted by atomic mass is 19.4. The molecule has 1 aromatic rings. The Morgan fingerprint density at radius 3 is 2.29 bits per heavy atom. The minimum atomic E-state index is -4.67. The van der Waals surface area contributed by atoms with Gasteiger partial charge in [-0.05, 0) is 37.8 Å². The summed E-state index contributed by atoms with van der Waals surface area (Å²) in [6.07, 6.45) is -3.42. The van der Waals surface area contributed by atoms with E-state index in [1.54, 1.807) is 0 Å². The Hall–Kier alpha value is -2.05. The molecule has 1 amide bonds. The Morgan fingerprint density at radius 2 is 1.81 bits per heavy atom. The summed E-state index contributed by atoms with van der Waals surface area (Å²) in [6.45, 7) is 1.32. The smallest absolute Gasteiger partial charge is 0.417 e. The molecule has 1 atom stereocenters. The number of halogens is 3. The van der Waals surface area contributed by atoms with Gasteiger partial charge in [0.25, 0.3) is 5.91 Å². The number of aliphatic carboxylic acids is 1. The SMILES string of the molecule is CC(NC(=O)c1ccccc1C(F)(F)F)(C(=O)O)C1CC1. The van der Waals surface area contributed by atoms with Crippen molar-refractivity contribution in [2.75, 3.05) is 0 Å². The molecule has 0 heterocycles. The van der Waals surface area contributed by atoms with Crippen LogP contribution in [-0.2, 0) is 11.0 Å². The molecule has 114 valence electrons. The second-order valence-corrected chi connectivity index (χ2v) is 5.28. The summed E-state index contributed by atoms with van der Waals surface area (Å²) >= 11 is 0. The summed E-state index contributed by atoms with van der Waals surface area (Å²) in [6, 6.07) is 4.31. The van der Waals surface area contributed by atoms with E-state index in [4.69, 9.17) is 0 Å². The van der Waals surface area contributed by atoms with E-state index in [1.165, 1.54) is 19.1 Å². The number of hydrogen-bond donors (Lipinski definition) is 2. The largest absolute Gasteiger partial charge is 0.480 e. The van der Waals surface area contributed by atoms with Gasteiger partial charge in [-0.1, -0.05) is 12.1 Å². The lowest BCUT2D eigenvalue weighted by Gasteiger charge is -2.26. The second-order valence-electron chi connectivity index (χ2n) is 5.28. The molecule has 21 heavy (non-hydrogen) atoms. The zero-order chi connectivity index (χ0) is 15.8. The van der Waals surface area contributed by atoms with E-state index >= 15 is 0 Å². The molecule has 0 spiro atoms. The number of hydrogen-bond acceptors (Lipinski definition) is 2. The Morgan fingerprint density at radius 1 is 1.24 bits per heavy atom. The maximum atomic E-state index is 12.9. The van der Waals surface area contributed by atoms with Crippen LogP contribution in [0, 0.1) is 5.92 Å². The lowest BCUT2D eigenvalue weighted by molar-refractivity contribution is -0.144. The normalized spacial score (nSPS) is 17.9. The topological polar surface area (TPSA) is 66.4 Å². The van der Waals surface area contributed by atoms with Crippen LogP contribution >= 0.6 is 0 Å². The van der Waals surface area contributed by atoms with Crippen molar-refractivity contribution in [3.63, 3.8) is 0 Å². The number of alkyl halides is 3. The van der Waals surface area contributed by atoms with Crippen molar-refractivity contribution in [3.05, 3.63) is 35.4 Å². The average Bonchev–Trinajstić information content (AvgIpc) is 3.21. The number of carbonyl (C=O) groups is 2. The second kappa shape index (κ2) is 5.05. The molecule has 1 fully saturated rings. The first-order valence-corrected chi connectivity index (χ1v) is 6.38. The van der Waals surface area contributed by atoms with Gasteiger partial charge in [0.15, 0.2) is 0 Å². The van der Waals surface area contributed by atoms with E-state index in [2.05, 4.69) is 5.32 Å². The standard InChI is InChI=1S/C14H14F3NO3/c1-13(12(20)21,8-6-7-8)18-11(19)9-4-2-3-5-10(9)14(15,16)17/h2-5,8H,6-7H2,1H3,(H,18,19)(H,20,21). The van der Waals surface area contributed by atoms with Crippen LogP contribution in [0.2, 0.25) is 0 Å². The first-order chi connectivity index (χ1) is 9.66. The van der Waals surface area contributed by atoms with Crippen LogP contribution in [0.25, 0.3) is 0 Å². The molecular formula is C14H14F3NO3. The van der Waals surface area contributed by atoms with E-state index in [-0.39, 0.29) is 5.92 Å². The average molecular weight is 301 g/mol. The van der Waals surface area contributed by atoms with Crippen molar-refractivity contribution in [2.45, 2.75) is 31.5 Å². The fourth-order valence-corrected chi connectivity index (χ4v) is 2.22. The van der Waals surface area contributed by atoms with E-state index in [0.717, 1.165) is 12.1 Å². The fourth-order valence-electron chi connectivity index (χ4n) is 2.22. The molecule has 0 radical (unpaired) electrons. The number of carbonyl (C=O) groups excluding carboxylic acids is 1. The molecule has 0 bridgehead atoms. The van der Waals surface area contributed by atoms with Crippen molar-refractivity contribution < 1.29 is 27.9 Å². The van der Waals surface area contributed by atoms with Crippen molar-refractivity contribution in [1.82, 2.24) is 5.32 Å². The van der Waals surface area contributed by atoms with Crippen LogP contribution < -0.4 is 5.32 Å². The van der Waals surface area contributed by atoms with Gasteiger partial charge >= 0.3 is 12.1 Å². The molecule has 1 aromatic carbocycles. The Kier molecular flexibility index (Phi) is 3.69. The van der Waals surface area contributed by atoms with E-state index in [0.29, 0.717) is 12.8 Å². The Labute approximate surface area is 119 Å². The highest BCUT2D eigenvalue weighted by molar-refractivity contribution is 5.99. The van der Waals surface area contributed by atoms with Crippen LogP contribution in [0.5, 0.6) is 0 Å². The molecule has 2 N–H and O–H groups in total. The quantitative estimate of drug-likeness (QED) is 0.898. The van der Waals surface area contributed by atoms with E-state index in [9.17, 15) is 27.9 Å². The summed E-state index contributed by atoms with van der Waals surface area (Å²) in [5, 5.41) is 11.5. The highest BCUT2D eigenvalue weighted by Crippen LogP contribution is 2.40. The molecule has 1 aliphatic carbocycles. The van der Waals surface area contributed by atoms with Gasteiger partial charge in [0.1, 0.15) is 5.54 Å². The lowest BCUT2D eigenvalue weighted by Crippen LogP contribution is -2.54. The zero-order valence-corrected chi connectivity index (χ0v) is 11.2. The third kappa shape index (κ3) is 3.01. The molecular weight excluding hydrogens is 287 g/mol. The zero-order valence-electron chi connectivity index (χ0n) is 11.2. The summed E-state index contributed by atoms with van der Waals surface area (Å²) in [7, 11) is 0. The summed E-state index contributed by atoms with van der Waals surface area (Å²) in [5.41, 5.74) is -3.19. The van der Waals surface area contributed by atoms with Crippen LogP contribution in [-0.4, -0.2) is 22.5 Å². The van der Waals surface area contributed by atoms with Crippen LogP contribution in [0.3, 0.4) is 0 Å². The van der Waals surface area contributed by atoms with Crippen LogP contribution in [0.15, 0.2) is 24.3 Å². The van der Waals surface area contributed by atoms with Crippen molar-refractivity contribution >= 4 is 11.9 Å². The van der Waals surface area contributed by atoms with Gasteiger partial charge in [-0.2, -0.15) is 13.2 Å². The molecule has 0 aromatic heterocycles. The number of carboxylic acids is 1. The predicted molar refractivity (Wildman–Crippen MR) is 67.7 cm³/mol. The van der Waals surface area contributed by atoms with Crippen LogP contribution in [0.1, 0.15) is 35.7 Å². The molecule has 7 heteroatoms. The first kappa shape index (κ1) is 15.3. The maximum Gasteiger partial charge on any atom is 0.417 e. The van der Waals surface area contributed by atoms with Crippen molar-refractivity contribution in [2.24, 2.45) is 5.92 Å². The molecule has 0 saturated heterocycles. The number of nitrogens with one attached hydrogen (secondary N) is 1. The van der Waals surface area contributed by atoms with Crippen LogP contribution in [0.4, 0.5) is 13.2 Å². The number of rotatable bonds is 4. The lowest BCUT2D eigenvalue weighted by atomic mass is 9.94. The molecule has 4 nitrogen and oxygen atoms in total. The third-order valence-corrected chi connectivity index (χ3v) is 3.69. The van der Waals surface area contributed by atoms with Gasteiger partial charge in [-0.3, -0.25) is 4.79 Å². The monoisotopic (exact) mass is 301 g/mol. The van der Waals surface area contributed by atoms with Gasteiger partial charge in [0, 0.05) is 0 Å². The Bertz CT molecular complexity index is 581. The van der Waals surface area contributed by atoms with Crippen molar-refractivity contribution in [3.8, 4) is 0 Å². The van der Waals surface area contributed by atoms with E-state index in [1.807, 2.05) is 0 Å². The summed E-state index contributed by atoms with van der Waals surface area (Å²) in [4.78, 5) is 23.4. The minimum Gasteiger partial charge on any atom is -0.480 e. The number of amides is 1. The van der Waals surface area contributed by atoms with Gasteiger partial charge in [-0.25, -0.2) is 4.79 Å². The van der Waals surface area contributed by atoms with E-state index < -0.39 is 34.7 Å². The minimum absolute atomic E-state index is 0.253. The highest BCUT2D eigenvalue weighted by Gasteiger charge is 2.49. The first-order valence-electron chi connectivity index (χ1n) is 6.38. The molecule has 1 unspecified atom stereocenters. The Balaban J connectivity index is 2.31. The molecule has 1 saturated carbocycles. The fraction of sp³-hybridized carbons (Fsp3) is 0.429. The molecule has 0 aliphatic heterocycles. The third-order valence-electron chi connectivity index (χ3n) is 3.69. The summed E-state index contributed by atoms with van der Waals surface area (Å²) < 4.78 is 38.6. The maximum absolute atomic E-state index is 12.9. The molecule has 1 aliphatic rings. The van der Waals surface area contributed by atoms with Crippen molar-refractivity contribution in [1.29, 1.82) is 0 Å². The predicted octanol–water partition coefficient (Wildman–Crippen LogP) is 2.69. The van der Waals surface area contributed by atoms with Gasteiger partial charge in [0.05, 0.1) is 11.1 Å². The molecule has 2 rings (SSSR count). The number of carboxylic acid groups (broad SMARTS) is 1.